The van der Waals surface area contributed by atoms with E-state index >= 15 is 0 Å². The highest BCUT2D eigenvalue weighted by atomic mass is 32.1. The van der Waals surface area contributed by atoms with Gasteiger partial charge in [0.2, 0.25) is 5.91 Å². The summed E-state index contributed by atoms with van der Waals surface area (Å²) in [4.78, 5) is 27.7. The number of hydrogen-bond acceptors (Lipinski definition) is 4. The van der Waals surface area contributed by atoms with E-state index in [-0.39, 0.29) is 24.5 Å². The maximum atomic E-state index is 12.8. The fourth-order valence-electron chi connectivity index (χ4n) is 3.24. The highest BCUT2D eigenvalue weighted by Gasteiger charge is 2.22. The highest BCUT2D eigenvalue weighted by molar-refractivity contribution is 7.12. The molecule has 0 bridgehead atoms. The number of carbonyl (C=O) groups excluding carboxylic acids is 2. The van der Waals surface area contributed by atoms with E-state index in [1.807, 2.05) is 52.7 Å². The van der Waals surface area contributed by atoms with Crippen LogP contribution < -0.4 is 0 Å². The summed E-state index contributed by atoms with van der Waals surface area (Å²) in [5.74, 6) is 0.591. The van der Waals surface area contributed by atoms with Crippen molar-refractivity contribution in [3.8, 4) is 0 Å². The molecule has 0 aliphatic carbocycles. The van der Waals surface area contributed by atoms with Gasteiger partial charge in [-0.3, -0.25) is 9.59 Å². The lowest BCUT2D eigenvalue weighted by atomic mass is 9.99. The van der Waals surface area contributed by atoms with Crippen molar-refractivity contribution >= 4 is 23.0 Å². The van der Waals surface area contributed by atoms with E-state index in [1.54, 1.807) is 0 Å². The van der Waals surface area contributed by atoms with Crippen molar-refractivity contribution in [3.05, 3.63) is 58.3 Å². The lowest BCUT2D eigenvalue weighted by Gasteiger charge is -2.30. The Kier molecular flexibility index (Phi) is 6.97. The Hall–Kier alpha value is -1.98. The first kappa shape index (κ1) is 18.8. The average molecular weight is 372 g/mol. The van der Waals surface area contributed by atoms with Crippen molar-refractivity contribution in [1.29, 1.82) is 0 Å². The summed E-state index contributed by atoms with van der Waals surface area (Å²) in [5.41, 5.74) is 1.12. The van der Waals surface area contributed by atoms with Gasteiger partial charge in [0.15, 0.2) is 5.78 Å². The van der Waals surface area contributed by atoms with Crippen LogP contribution in [0.15, 0.2) is 47.8 Å². The smallest absolute Gasteiger partial charge is 0.223 e. The van der Waals surface area contributed by atoms with E-state index in [1.165, 1.54) is 11.3 Å². The minimum atomic E-state index is 0.0547. The number of amides is 1. The Labute approximate surface area is 158 Å². The van der Waals surface area contributed by atoms with Crippen molar-refractivity contribution in [2.24, 2.45) is 5.92 Å². The van der Waals surface area contributed by atoms with Gasteiger partial charge >= 0.3 is 0 Å². The van der Waals surface area contributed by atoms with Gasteiger partial charge in [0, 0.05) is 39.1 Å². The number of ether oxygens (including phenoxy) is 1. The molecule has 1 aliphatic heterocycles. The third-order valence-electron chi connectivity index (χ3n) is 4.75. The van der Waals surface area contributed by atoms with Gasteiger partial charge in [-0.15, -0.1) is 11.3 Å². The first-order valence-corrected chi connectivity index (χ1v) is 10.1. The molecular formula is C21H25NO3S. The van der Waals surface area contributed by atoms with Crippen LogP contribution in [-0.4, -0.2) is 36.3 Å². The SMILES string of the molecule is O=C(CCC(=O)N(Cc1ccccc1)CC1CCOCC1)c1cccs1. The van der Waals surface area contributed by atoms with Gasteiger partial charge in [0.05, 0.1) is 4.88 Å². The van der Waals surface area contributed by atoms with Crippen LogP contribution in [0.5, 0.6) is 0 Å². The fraction of sp³-hybridized carbons (Fsp3) is 0.429. The molecule has 1 amide bonds. The highest BCUT2D eigenvalue weighted by Crippen LogP contribution is 2.19. The summed E-state index contributed by atoms with van der Waals surface area (Å²) in [5, 5.41) is 1.89. The van der Waals surface area contributed by atoms with Crippen LogP contribution in [0.2, 0.25) is 0 Å². The lowest BCUT2D eigenvalue weighted by Crippen LogP contribution is -2.36. The zero-order chi connectivity index (χ0) is 18.2. The Morgan fingerprint density at radius 1 is 1.04 bits per heavy atom. The number of rotatable bonds is 8. The van der Waals surface area contributed by atoms with Gasteiger partial charge in [-0.05, 0) is 35.8 Å². The molecule has 1 saturated heterocycles. The zero-order valence-corrected chi connectivity index (χ0v) is 15.7. The third-order valence-corrected chi connectivity index (χ3v) is 5.66. The maximum absolute atomic E-state index is 12.8. The summed E-state index contributed by atoms with van der Waals surface area (Å²) < 4.78 is 5.43. The Balaban J connectivity index is 1.60. The third kappa shape index (κ3) is 5.51. The molecule has 0 unspecified atom stereocenters. The summed E-state index contributed by atoms with van der Waals surface area (Å²) in [7, 11) is 0. The quantitative estimate of drug-likeness (QED) is 0.655. The molecule has 1 aromatic heterocycles. The molecule has 3 rings (SSSR count). The molecule has 2 aromatic rings. The monoisotopic (exact) mass is 371 g/mol. The number of carbonyl (C=O) groups is 2. The van der Waals surface area contributed by atoms with Crippen molar-refractivity contribution in [2.75, 3.05) is 19.8 Å². The first-order chi connectivity index (χ1) is 12.7. The predicted molar refractivity (Wildman–Crippen MR) is 103 cm³/mol. The van der Waals surface area contributed by atoms with Crippen molar-refractivity contribution in [3.63, 3.8) is 0 Å². The molecule has 0 spiro atoms. The molecule has 138 valence electrons. The predicted octanol–water partition coefficient (Wildman–Crippen LogP) is 4.17. The molecule has 5 heteroatoms. The topological polar surface area (TPSA) is 46.6 Å². The van der Waals surface area contributed by atoms with Gasteiger partial charge < -0.3 is 9.64 Å². The summed E-state index contributed by atoms with van der Waals surface area (Å²) in [6.07, 6.45) is 2.53. The molecule has 0 atom stereocenters. The summed E-state index contributed by atoms with van der Waals surface area (Å²) in [6, 6.07) is 13.7. The number of hydrogen-bond donors (Lipinski definition) is 0. The number of thiophene rings is 1. The Bertz CT molecular complexity index is 693. The van der Waals surface area contributed by atoms with E-state index in [0.29, 0.717) is 12.5 Å². The normalized spacial score (nSPS) is 14.9. The van der Waals surface area contributed by atoms with Gasteiger partial charge in [0.25, 0.3) is 0 Å². The van der Waals surface area contributed by atoms with Crippen LogP contribution in [0.1, 0.15) is 40.9 Å². The second-order valence-electron chi connectivity index (χ2n) is 6.72. The minimum Gasteiger partial charge on any atom is -0.381 e. The molecule has 1 aromatic carbocycles. The first-order valence-electron chi connectivity index (χ1n) is 9.18. The molecule has 0 radical (unpaired) electrons. The van der Waals surface area contributed by atoms with Crippen LogP contribution >= 0.6 is 11.3 Å². The van der Waals surface area contributed by atoms with Crippen molar-refractivity contribution in [1.82, 2.24) is 4.90 Å². The van der Waals surface area contributed by atoms with Gasteiger partial charge in [-0.2, -0.15) is 0 Å². The average Bonchev–Trinajstić information content (AvgIpc) is 3.22. The van der Waals surface area contributed by atoms with Crippen LogP contribution in [0.25, 0.3) is 0 Å². The number of ketones is 1. The number of Topliss-reactive ketones (excluding diaryl/α,β-unsaturated/α-hetero) is 1. The van der Waals surface area contributed by atoms with Crippen molar-refractivity contribution in [2.45, 2.75) is 32.2 Å². The molecule has 4 nitrogen and oxygen atoms in total. The van der Waals surface area contributed by atoms with Crippen LogP contribution in [0, 0.1) is 5.92 Å². The summed E-state index contributed by atoms with van der Waals surface area (Å²) >= 11 is 1.43. The number of benzene rings is 1. The van der Waals surface area contributed by atoms with E-state index in [4.69, 9.17) is 4.74 Å². The van der Waals surface area contributed by atoms with E-state index in [0.717, 1.165) is 43.0 Å². The largest absolute Gasteiger partial charge is 0.381 e. The molecule has 1 aliphatic rings. The van der Waals surface area contributed by atoms with Crippen LogP contribution in [0.4, 0.5) is 0 Å². The fourth-order valence-corrected chi connectivity index (χ4v) is 3.93. The second kappa shape index (κ2) is 9.64. The molecule has 0 N–H and O–H groups in total. The molecule has 26 heavy (non-hydrogen) atoms. The van der Waals surface area contributed by atoms with Gasteiger partial charge in [0.1, 0.15) is 0 Å². The second-order valence-corrected chi connectivity index (χ2v) is 7.66. The molecule has 1 fully saturated rings. The zero-order valence-electron chi connectivity index (χ0n) is 14.9. The number of nitrogens with zero attached hydrogens (tertiary/aromatic N) is 1. The standard InChI is InChI=1S/C21H25NO3S/c23-19(20-7-4-14-26-20)8-9-21(24)22(15-17-5-2-1-3-6-17)16-18-10-12-25-13-11-18/h1-7,14,18H,8-13,15-16H2. The maximum Gasteiger partial charge on any atom is 0.223 e. The van der Waals surface area contributed by atoms with E-state index < -0.39 is 0 Å². The molecule has 0 saturated carbocycles. The Morgan fingerprint density at radius 2 is 1.81 bits per heavy atom. The van der Waals surface area contributed by atoms with Gasteiger partial charge in [-0.1, -0.05) is 36.4 Å². The van der Waals surface area contributed by atoms with E-state index in [2.05, 4.69) is 0 Å². The lowest BCUT2D eigenvalue weighted by molar-refractivity contribution is -0.133. The molecule has 2 heterocycles. The minimum absolute atomic E-state index is 0.0547. The van der Waals surface area contributed by atoms with Crippen LogP contribution in [0.3, 0.4) is 0 Å². The van der Waals surface area contributed by atoms with Gasteiger partial charge in [-0.25, -0.2) is 0 Å². The van der Waals surface area contributed by atoms with Crippen molar-refractivity contribution < 1.29 is 14.3 Å². The molecular weight excluding hydrogens is 346 g/mol. The summed E-state index contributed by atoms with van der Waals surface area (Å²) in [6.45, 7) is 2.89. The van der Waals surface area contributed by atoms with E-state index in [9.17, 15) is 9.59 Å². The Morgan fingerprint density at radius 3 is 2.50 bits per heavy atom. The van der Waals surface area contributed by atoms with Crippen LogP contribution in [-0.2, 0) is 16.1 Å².